The first-order valence-electron chi connectivity index (χ1n) is 4.34. The molecule has 1 unspecified atom stereocenters. The molecule has 0 bridgehead atoms. The van der Waals surface area contributed by atoms with Crippen molar-refractivity contribution in [3.8, 4) is 0 Å². The Morgan fingerprint density at radius 1 is 1.69 bits per heavy atom. The van der Waals surface area contributed by atoms with Crippen LogP contribution in [0.3, 0.4) is 0 Å². The van der Waals surface area contributed by atoms with Crippen LogP contribution in [0.15, 0.2) is 24.5 Å². The summed E-state index contributed by atoms with van der Waals surface area (Å²) in [5.74, 6) is 0.0105. The van der Waals surface area contributed by atoms with E-state index in [-0.39, 0.29) is 11.9 Å². The highest BCUT2D eigenvalue weighted by Crippen LogP contribution is 2.00. The van der Waals surface area contributed by atoms with Gasteiger partial charge in [-0.05, 0) is 25.0 Å². The third-order valence-corrected chi connectivity index (χ3v) is 1.71. The summed E-state index contributed by atoms with van der Waals surface area (Å²) < 4.78 is 0. The van der Waals surface area contributed by atoms with Crippen LogP contribution in [0.4, 0.5) is 0 Å². The van der Waals surface area contributed by atoms with Crippen molar-refractivity contribution < 1.29 is 4.79 Å². The summed E-state index contributed by atoms with van der Waals surface area (Å²) in [7, 11) is 0. The van der Waals surface area contributed by atoms with Crippen molar-refractivity contribution in [2.45, 2.75) is 26.3 Å². The number of rotatable bonds is 3. The van der Waals surface area contributed by atoms with Gasteiger partial charge in [0.1, 0.15) is 0 Å². The predicted molar refractivity (Wildman–Crippen MR) is 51.2 cm³/mol. The molecule has 1 N–H and O–H groups in total. The number of hydrogen-bond donors (Lipinski definition) is 1. The Morgan fingerprint density at radius 2 is 2.46 bits per heavy atom. The van der Waals surface area contributed by atoms with Crippen LogP contribution in [0, 0.1) is 0 Å². The van der Waals surface area contributed by atoms with Gasteiger partial charge >= 0.3 is 0 Å². The number of hydrogen-bond acceptors (Lipinski definition) is 2. The molecule has 0 spiro atoms. The predicted octanol–water partition coefficient (Wildman–Crippen LogP) is 1.15. The molecule has 0 aliphatic heterocycles. The van der Waals surface area contributed by atoms with Gasteiger partial charge in [0.15, 0.2) is 0 Å². The minimum Gasteiger partial charge on any atom is -0.354 e. The fraction of sp³-hybridized carbons (Fsp3) is 0.400. The summed E-state index contributed by atoms with van der Waals surface area (Å²) in [6, 6.07) is 4.07. The van der Waals surface area contributed by atoms with Crippen LogP contribution in [-0.4, -0.2) is 16.9 Å². The van der Waals surface area contributed by atoms with E-state index >= 15 is 0 Å². The average Bonchev–Trinajstić information content (AvgIpc) is 2.04. The average molecular weight is 178 g/mol. The molecule has 1 atom stereocenters. The molecule has 1 amide bonds. The van der Waals surface area contributed by atoms with Crippen molar-refractivity contribution in [3.05, 3.63) is 30.1 Å². The van der Waals surface area contributed by atoms with E-state index in [2.05, 4.69) is 10.3 Å². The zero-order valence-corrected chi connectivity index (χ0v) is 7.95. The van der Waals surface area contributed by atoms with Crippen molar-refractivity contribution in [2.75, 3.05) is 0 Å². The van der Waals surface area contributed by atoms with E-state index in [4.69, 9.17) is 0 Å². The number of amides is 1. The summed E-state index contributed by atoms with van der Waals surface area (Å²) >= 11 is 0. The molecule has 0 aliphatic rings. The van der Waals surface area contributed by atoms with E-state index in [9.17, 15) is 4.79 Å². The van der Waals surface area contributed by atoms with E-state index in [0.717, 1.165) is 12.0 Å². The lowest BCUT2D eigenvalue weighted by molar-refractivity contribution is -0.119. The lowest BCUT2D eigenvalue weighted by atomic mass is 10.1. The molecule has 13 heavy (non-hydrogen) atoms. The Hall–Kier alpha value is -1.38. The van der Waals surface area contributed by atoms with E-state index in [0.29, 0.717) is 0 Å². The summed E-state index contributed by atoms with van der Waals surface area (Å²) in [6.07, 6.45) is 4.39. The lowest BCUT2D eigenvalue weighted by Gasteiger charge is -2.11. The molecular weight excluding hydrogens is 164 g/mol. The molecule has 0 fully saturated rings. The van der Waals surface area contributed by atoms with Gasteiger partial charge in [-0.3, -0.25) is 9.78 Å². The first kappa shape index (κ1) is 9.71. The van der Waals surface area contributed by atoms with Gasteiger partial charge in [0.25, 0.3) is 0 Å². The fourth-order valence-corrected chi connectivity index (χ4v) is 1.27. The maximum atomic E-state index is 10.7. The van der Waals surface area contributed by atoms with Crippen LogP contribution in [0.5, 0.6) is 0 Å². The van der Waals surface area contributed by atoms with Crippen LogP contribution in [-0.2, 0) is 11.2 Å². The van der Waals surface area contributed by atoms with E-state index in [1.807, 2.05) is 25.3 Å². The maximum Gasteiger partial charge on any atom is 0.217 e. The van der Waals surface area contributed by atoms with Crippen LogP contribution >= 0.6 is 0 Å². The highest BCUT2D eigenvalue weighted by atomic mass is 16.1. The Morgan fingerprint density at radius 3 is 3.00 bits per heavy atom. The molecule has 0 radical (unpaired) electrons. The van der Waals surface area contributed by atoms with Gasteiger partial charge < -0.3 is 5.32 Å². The SMILES string of the molecule is CC(=O)NC(C)Cc1cccnc1. The number of nitrogens with one attached hydrogen (secondary N) is 1. The molecule has 1 aromatic rings. The topological polar surface area (TPSA) is 42.0 Å². The molecule has 1 aromatic heterocycles. The molecule has 1 heterocycles. The van der Waals surface area contributed by atoms with Crippen molar-refractivity contribution >= 4 is 5.91 Å². The zero-order valence-electron chi connectivity index (χ0n) is 7.95. The van der Waals surface area contributed by atoms with Gasteiger partial charge in [0.05, 0.1) is 0 Å². The smallest absolute Gasteiger partial charge is 0.217 e. The van der Waals surface area contributed by atoms with E-state index < -0.39 is 0 Å². The van der Waals surface area contributed by atoms with E-state index in [1.54, 1.807) is 6.20 Å². The second-order valence-corrected chi connectivity index (χ2v) is 3.17. The van der Waals surface area contributed by atoms with Crippen molar-refractivity contribution in [2.24, 2.45) is 0 Å². The molecule has 0 aromatic carbocycles. The Labute approximate surface area is 78.2 Å². The third-order valence-electron chi connectivity index (χ3n) is 1.71. The van der Waals surface area contributed by atoms with Gasteiger partial charge in [-0.1, -0.05) is 6.07 Å². The number of nitrogens with zero attached hydrogens (tertiary/aromatic N) is 1. The van der Waals surface area contributed by atoms with Gasteiger partial charge in [0, 0.05) is 25.4 Å². The number of carbonyl (C=O) groups is 1. The maximum absolute atomic E-state index is 10.7. The minimum absolute atomic E-state index is 0.0105. The molecule has 0 aliphatic carbocycles. The Kier molecular flexibility index (Phi) is 3.43. The van der Waals surface area contributed by atoms with Crippen LogP contribution in [0.25, 0.3) is 0 Å². The van der Waals surface area contributed by atoms with Crippen molar-refractivity contribution in [3.63, 3.8) is 0 Å². The zero-order chi connectivity index (χ0) is 9.68. The number of pyridine rings is 1. The van der Waals surface area contributed by atoms with Crippen LogP contribution in [0.1, 0.15) is 19.4 Å². The standard InChI is InChI=1S/C10H14N2O/c1-8(12-9(2)13)6-10-4-3-5-11-7-10/h3-5,7-8H,6H2,1-2H3,(H,12,13). The highest BCUT2D eigenvalue weighted by molar-refractivity contribution is 5.73. The number of aromatic nitrogens is 1. The summed E-state index contributed by atoms with van der Waals surface area (Å²) in [4.78, 5) is 14.7. The van der Waals surface area contributed by atoms with Crippen LogP contribution in [0.2, 0.25) is 0 Å². The molecule has 0 saturated heterocycles. The Bertz CT molecular complexity index is 272. The van der Waals surface area contributed by atoms with Gasteiger partial charge in [-0.15, -0.1) is 0 Å². The first-order chi connectivity index (χ1) is 6.18. The Balaban J connectivity index is 2.45. The van der Waals surface area contributed by atoms with Crippen molar-refractivity contribution in [1.82, 2.24) is 10.3 Å². The molecule has 1 rings (SSSR count). The van der Waals surface area contributed by atoms with Gasteiger partial charge in [-0.25, -0.2) is 0 Å². The van der Waals surface area contributed by atoms with E-state index in [1.165, 1.54) is 6.92 Å². The van der Waals surface area contributed by atoms with Crippen LogP contribution < -0.4 is 5.32 Å². The largest absolute Gasteiger partial charge is 0.354 e. The molecular formula is C10H14N2O. The molecule has 70 valence electrons. The summed E-state index contributed by atoms with van der Waals surface area (Å²) in [6.45, 7) is 3.51. The monoisotopic (exact) mass is 178 g/mol. The number of carbonyl (C=O) groups excluding carboxylic acids is 1. The lowest BCUT2D eigenvalue weighted by Crippen LogP contribution is -2.32. The molecule has 3 nitrogen and oxygen atoms in total. The molecule has 3 heteroatoms. The summed E-state index contributed by atoms with van der Waals surface area (Å²) in [5, 5.41) is 2.82. The second-order valence-electron chi connectivity index (χ2n) is 3.17. The third kappa shape index (κ3) is 3.69. The molecule has 0 saturated carbocycles. The normalized spacial score (nSPS) is 12.2. The summed E-state index contributed by atoms with van der Waals surface area (Å²) in [5.41, 5.74) is 1.14. The first-order valence-corrected chi connectivity index (χ1v) is 4.34. The fourth-order valence-electron chi connectivity index (χ4n) is 1.27. The van der Waals surface area contributed by atoms with Gasteiger partial charge in [-0.2, -0.15) is 0 Å². The quantitative estimate of drug-likeness (QED) is 0.754. The highest BCUT2D eigenvalue weighted by Gasteiger charge is 2.03. The second kappa shape index (κ2) is 4.60. The van der Waals surface area contributed by atoms with Crippen molar-refractivity contribution in [1.29, 1.82) is 0 Å². The van der Waals surface area contributed by atoms with Gasteiger partial charge in [0.2, 0.25) is 5.91 Å². The minimum atomic E-state index is 0.0105.